The molecule has 1 rings (SSSR count). The zero-order valence-corrected chi connectivity index (χ0v) is 10.3. The van der Waals surface area contributed by atoms with Gasteiger partial charge in [-0.3, -0.25) is 4.79 Å². The minimum Gasteiger partial charge on any atom is -0.491 e. The van der Waals surface area contributed by atoms with Gasteiger partial charge in [-0.2, -0.15) is 0 Å². The van der Waals surface area contributed by atoms with Crippen molar-refractivity contribution < 1.29 is 9.53 Å². The van der Waals surface area contributed by atoms with Crippen LogP contribution in [0.4, 0.5) is 5.69 Å². The third-order valence-corrected chi connectivity index (χ3v) is 2.28. The number of ether oxygens (including phenoxy) is 1. The van der Waals surface area contributed by atoms with Gasteiger partial charge in [0.2, 0.25) is 11.3 Å². The topological polar surface area (TPSA) is 66.5 Å². The summed E-state index contributed by atoms with van der Waals surface area (Å²) in [4.78, 5) is 13.8. The number of carbonyl (C=O) groups excluding carboxylic acids is 1. The Balaban J connectivity index is 2.66. The zero-order chi connectivity index (χ0) is 12.8. The fraction of sp³-hybridized carbons (Fsp3) is 0.417. The fourth-order valence-electron chi connectivity index (χ4n) is 1.59. The molecule has 0 saturated carbocycles. The molecule has 0 unspecified atom stereocenters. The molecule has 1 aromatic rings. The molecule has 0 fully saturated rings. The molecule has 1 N–H and O–H groups in total. The van der Waals surface area contributed by atoms with Gasteiger partial charge < -0.3 is 10.1 Å². The van der Waals surface area contributed by atoms with Crippen LogP contribution in [-0.2, 0) is 4.79 Å². The summed E-state index contributed by atoms with van der Waals surface area (Å²) in [5.74, 6) is 0.694. The first kappa shape index (κ1) is 13.0. The summed E-state index contributed by atoms with van der Waals surface area (Å²) in [5, 5.41) is 11.3. The van der Waals surface area contributed by atoms with Crippen molar-refractivity contribution in [1.29, 1.82) is 5.39 Å². The van der Waals surface area contributed by atoms with Gasteiger partial charge >= 0.3 is 5.69 Å². The largest absolute Gasteiger partial charge is 0.491 e. The SMILES string of the molecule is CC(=O)NCCOc1c(C)cc([N+]#N)cc1C. The van der Waals surface area contributed by atoms with Crippen LogP contribution >= 0.6 is 0 Å². The predicted octanol–water partition coefficient (Wildman–Crippen LogP) is 2.30. The molecule has 0 aliphatic rings. The first-order valence-corrected chi connectivity index (χ1v) is 5.38. The summed E-state index contributed by atoms with van der Waals surface area (Å²) < 4.78 is 5.58. The molecule has 0 bridgehead atoms. The first-order valence-electron chi connectivity index (χ1n) is 5.38. The Bertz CT molecular complexity index is 440. The van der Waals surface area contributed by atoms with E-state index in [1.807, 2.05) is 13.8 Å². The van der Waals surface area contributed by atoms with Gasteiger partial charge in [0.25, 0.3) is 0 Å². The Morgan fingerprint density at radius 1 is 1.41 bits per heavy atom. The lowest BCUT2D eigenvalue weighted by molar-refractivity contribution is -0.119. The van der Waals surface area contributed by atoms with E-state index in [4.69, 9.17) is 10.1 Å². The van der Waals surface area contributed by atoms with Crippen LogP contribution in [0.15, 0.2) is 12.1 Å². The first-order chi connectivity index (χ1) is 8.04. The summed E-state index contributed by atoms with van der Waals surface area (Å²) in [5.41, 5.74) is 2.32. The summed E-state index contributed by atoms with van der Waals surface area (Å²) >= 11 is 0. The molecule has 0 atom stereocenters. The maximum atomic E-state index is 10.7. The maximum Gasteiger partial charge on any atom is 0.385 e. The second-order valence-corrected chi connectivity index (χ2v) is 3.84. The van der Waals surface area contributed by atoms with Gasteiger partial charge in [-0.05, 0) is 25.0 Å². The maximum absolute atomic E-state index is 10.7. The number of aryl methyl sites for hydroxylation is 2. The molecule has 1 amide bonds. The van der Waals surface area contributed by atoms with Gasteiger partial charge in [0.1, 0.15) is 12.4 Å². The van der Waals surface area contributed by atoms with E-state index in [1.165, 1.54) is 6.92 Å². The fourth-order valence-corrected chi connectivity index (χ4v) is 1.59. The van der Waals surface area contributed by atoms with Crippen molar-refractivity contribution in [3.8, 4) is 5.75 Å². The number of rotatable bonds is 4. The Hall–Kier alpha value is -2.09. The monoisotopic (exact) mass is 234 g/mol. The van der Waals surface area contributed by atoms with E-state index in [0.717, 1.165) is 16.9 Å². The lowest BCUT2D eigenvalue weighted by atomic mass is 10.1. The zero-order valence-electron chi connectivity index (χ0n) is 10.3. The van der Waals surface area contributed by atoms with Gasteiger partial charge in [-0.25, -0.2) is 0 Å². The number of benzene rings is 1. The van der Waals surface area contributed by atoms with E-state index < -0.39 is 0 Å². The Kier molecular flexibility index (Phi) is 4.46. The van der Waals surface area contributed by atoms with Gasteiger partial charge in [0, 0.05) is 19.1 Å². The molecule has 0 aliphatic heterocycles. The second-order valence-electron chi connectivity index (χ2n) is 3.84. The van der Waals surface area contributed by atoms with Crippen molar-refractivity contribution in [2.24, 2.45) is 0 Å². The highest BCUT2D eigenvalue weighted by molar-refractivity contribution is 5.72. The quantitative estimate of drug-likeness (QED) is 0.642. The standard InChI is InChI=1S/C12H15N3O2/c1-8-6-11(15-13)7-9(2)12(8)17-5-4-14-10(3)16/h6-7H,4-5H2,1-3H3/p+1. The van der Waals surface area contributed by atoms with Crippen molar-refractivity contribution in [3.63, 3.8) is 0 Å². The highest BCUT2D eigenvalue weighted by atomic mass is 16.5. The molecule has 5 nitrogen and oxygen atoms in total. The Morgan fingerprint density at radius 2 is 2.00 bits per heavy atom. The number of nitrogens with one attached hydrogen (secondary N) is 1. The molecule has 17 heavy (non-hydrogen) atoms. The van der Waals surface area contributed by atoms with Crippen molar-refractivity contribution in [3.05, 3.63) is 28.2 Å². The van der Waals surface area contributed by atoms with E-state index in [2.05, 4.69) is 10.3 Å². The van der Waals surface area contributed by atoms with E-state index in [0.29, 0.717) is 18.8 Å². The number of carbonyl (C=O) groups is 1. The molecular formula is C12H16N3O2+. The van der Waals surface area contributed by atoms with Crippen LogP contribution in [0.2, 0.25) is 0 Å². The summed E-state index contributed by atoms with van der Waals surface area (Å²) in [7, 11) is 0. The summed E-state index contributed by atoms with van der Waals surface area (Å²) in [6.45, 7) is 6.12. The molecular weight excluding hydrogens is 218 g/mol. The van der Waals surface area contributed by atoms with E-state index >= 15 is 0 Å². The average molecular weight is 234 g/mol. The van der Waals surface area contributed by atoms with Gasteiger partial charge in [-0.15, -0.1) is 0 Å². The molecule has 0 saturated heterocycles. The van der Waals surface area contributed by atoms with Gasteiger partial charge in [0.05, 0.1) is 6.54 Å². The van der Waals surface area contributed by atoms with Crippen LogP contribution < -0.4 is 10.1 Å². The molecule has 0 aliphatic carbocycles. The molecule has 0 aromatic heterocycles. The minimum absolute atomic E-state index is 0.0727. The van der Waals surface area contributed by atoms with E-state index in [9.17, 15) is 4.79 Å². The number of hydrogen-bond donors (Lipinski definition) is 1. The van der Waals surface area contributed by atoms with Crippen molar-refractivity contribution >= 4 is 11.6 Å². The van der Waals surface area contributed by atoms with Crippen LogP contribution in [0, 0.1) is 19.2 Å². The molecule has 1 aromatic carbocycles. The lowest BCUT2D eigenvalue weighted by Crippen LogP contribution is -2.25. The van der Waals surface area contributed by atoms with Gasteiger partial charge in [0.15, 0.2) is 4.98 Å². The molecule has 5 heteroatoms. The highest BCUT2D eigenvalue weighted by Gasteiger charge is 2.12. The van der Waals surface area contributed by atoms with Crippen LogP contribution in [-0.4, -0.2) is 19.1 Å². The third-order valence-electron chi connectivity index (χ3n) is 2.28. The molecule has 0 spiro atoms. The Labute approximate surface area is 100 Å². The summed E-state index contributed by atoms with van der Waals surface area (Å²) in [6.07, 6.45) is 0. The van der Waals surface area contributed by atoms with Gasteiger partial charge in [-0.1, -0.05) is 0 Å². The number of diazo groups is 1. The second kappa shape index (κ2) is 5.85. The highest BCUT2D eigenvalue weighted by Crippen LogP contribution is 2.28. The van der Waals surface area contributed by atoms with Crippen molar-refractivity contribution in [1.82, 2.24) is 5.32 Å². The molecule has 90 valence electrons. The van der Waals surface area contributed by atoms with E-state index in [1.54, 1.807) is 12.1 Å². The van der Waals surface area contributed by atoms with Crippen LogP contribution in [0.25, 0.3) is 4.98 Å². The molecule has 0 radical (unpaired) electrons. The number of hydrogen-bond acceptors (Lipinski definition) is 3. The summed E-state index contributed by atoms with van der Waals surface area (Å²) in [6, 6.07) is 3.47. The van der Waals surface area contributed by atoms with Crippen molar-refractivity contribution in [2.75, 3.05) is 13.2 Å². The molecule has 0 heterocycles. The van der Waals surface area contributed by atoms with Crippen LogP contribution in [0.1, 0.15) is 18.1 Å². The van der Waals surface area contributed by atoms with Crippen molar-refractivity contribution in [2.45, 2.75) is 20.8 Å². The smallest absolute Gasteiger partial charge is 0.385 e. The van der Waals surface area contributed by atoms with Crippen LogP contribution in [0.3, 0.4) is 0 Å². The predicted molar refractivity (Wildman–Crippen MR) is 64.8 cm³/mol. The third kappa shape index (κ3) is 3.76. The Morgan fingerprint density at radius 3 is 2.47 bits per heavy atom. The average Bonchev–Trinajstić information content (AvgIpc) is 2.26. The lowest BCUT2D eigenvalue weighted by Gasteiger charge is -2.11. The minimum atomic E-state index is -0.0727. The normalized spacial score (nSPS) is 9.53. The van der Waals surface area contributed by atoms with Crippen LogP contribution in [0.5, 0.6) is 5.75 Å². The van der Waals surface area contributed by atoms with E-state index in [-0.39, 0.29) is 5.91 Å². The number of amides is 1. The number of nitrogens with zero attached hydrogens (tertiary/aromatic N) is 2.